The van der Waals surface area contributed by atoms with Crippen LogP contribution in [0.1, 0.15) is 89.3 Å². The highest BCUT2D eigenvalue weighted by Gasteiger charge is 2.33. The molecule has 7 amide bonds. The number of anilines is 1. The Morgan fingerprint density at radius 3 is 1.87 bits per heavy atom. The second-order valence-electron chi connectivity index (χ2n) is 16.0. The molecule has 0 heterocycles. The first kappa shape index (κ1) is 46.5. The summed E-state index contributed by atoms with van der Waals surface area (Å²) in [5.74, 6) is -2.34. The zero-order chi connectivity index (χ0) is 43.8. The van der Waals surface area contributed by atoms with Gasteiger partial charge in [-0.25, -0.2) is 14.4 Å². The SMILES string of the molecule is CC(C)[C@H](NC(=O)[C@H](CCCCNC(=O)OCC1c2ccccc2-c2ccccc21)NC(=O)OC(C)(C)C)C(=O)N[C@@H](CCCNC(N)=O)C(=O)Nc1ccc(CO)cc1. The van der Waals surface area contributed by atoms with E-state index in [1.807, 2.05) is 36.4 Å². The maximum atomic E-state index is 13.8. The molecule has 4 rings (SSSR count). The lowest BCUT2D eigenvalue weighted by Crippen LogP contribution is -2.58. The van der Waals surface area contributed by atoms with Crippen LogP contribution in [0.2, 0.25) is 0 Å². The van der Waals surface area contributed by atoms with Crippen LogP contribution in [0.3, 0.4) is 0 Å². The Bertz CT molecular complexity index is 1900. The van der Waals surface area contributed by atoms with E-state index in [1.165, 1.54) is 0 Å². The first-order valence-electron chi connectivity index (χ1n) is 20.3. The number of carbonyl (C=O) groups is 6. The number of aliphatic hydroxyl groups is 1. The van der Waals surface area contributed by atoms with E-state index in [1.54, 1.807) is 58.9 Å². The molecule has 3 aromatic rings. The number of fused-ring (bicyclic) bond motifs is 3. The lowest BCUT2D eigenvalue weighted by molar-refractivity contribution is -0.132. The first-order valence-corrected chi connectivity index (χ1v) is 20.3. The summed E-state index contributed by atoms with van der Waals surface area (Å²) < 4.78 is 11.0. The monoisotopic (exact) mass is 829 g/mol. The zero-order valence-electron chi connectivity index (χ0n) is 35.0. The number of aliphatic hydroxyl groups excluding tert-OH is 1. The molecule has 0 aromatic heterocycles. The van der Waals surface area contributed by atoms with Gasteiger partial charge in [0.05, 0.1) is 6.61 Å². The maximum Gasteiger partial charge on any atom is 0.408 e. The summed E-state index contributed by atoms with van der Waals surface area (Å²) in [6, 6.07) is 18.6. The molecule has 0 aliphatic heterocycles. The highest BCUT2D eigenvalue weighted by Crippen LogP contribution is 2.44. The largest absolute Gasteiger partial charge is 0.449 e. The number of hydrogen-bond acceptors (Lipinski definition) is 9. The average Bonchev–Trinajstić information content (AvgIpc) is 3.52. The number of hydrogen-bond donors (Lipinski definition) is 8. The van der Waals surface area contributed by atoms with Crippen molar-refractivity contribution in [2.45, 2.75) is 103 Å². The summed E-state index contributed by atoms with van der Waals surface area (Å²) in [6.07, 6.45) is 0.0215. The lowest BCUT2D eigenvalue weighted by atomic mass is 9.98. The maximum absolute atomic E-state index is 13.8. The van der Waals surface area contributed by atoms with Crippen LogP contribution >= 0.6 is 0 Å². The number of nitrogens with one attached hydrogen (secondary N) is 6. The van der Waals surface area contributed by atoms with Gasteiger partial charge in [0.15, 0.2) is 0 Å². The van der Waals surface area contributed by atoms with Gasteiger partial charge in [0, 0.05) is 24.7 Å². The number of carbonyl (C=O) groups excluding carboxylic acids is 6. The average molecular weight is 830 g/mol. The smallest absolute Gasteiger partial charge is 0.408 e. The summed E-state index contributed by atoms with van der Waals surface area (Å²) in [4.78, 5) is 77.8. The highest BCUT2D eigenvalue weighted by atomic mass is 16.6. The molecule has 3 atom stereocenters. The molecule has 0 spiro atoms. The normalized spacial score (nSPS) is 13.4. The number of benzene rings is 3. The fraction of sp³-hybridized carbons (Fsp3) is 0.455. The molecule has 9 N–H and O–H groups in total. The standard InChI is InChI=1S/C44H59N7O9/c1-27(2)37(40(55)49-35(18-12-24-46-41(45)56)38(53)48-29-21-19-28(25-52)20-22-29)51-39(54)36(50-43(58)60-44(3,4)5)17-10-11-23-47-42(57)59-26-34-32-15-8-6-13-30(32)31-14-7-9-16-33(31)34/h6-9,13-16,19-22,27,34-37,52H,10-12,17-18,23-26H2,1-5H3,(H,47,57)(H,48,53)(H,49,55)(H,50,58)(H,51,54)(H3,45,46,56)/t35-,36-,37-/m0/s1. The third kappa shape index (κ3) is 14.3. The number of urea groups is 1. The molecular weight excluding hydrogens is 771 g/mol. The molecular formula is C44H59N7O9. The van der Waals surface area contributed by atoms with Crippen molar-refractivity contribution in [3.63, 3.8) is 0 Å². The summed E-state index contributed by atoms with van der Waals surface area (Å²) in [7, 11) is 0. The fourth-order valence-corrected chi connectivity index (χ4v) is 6.79. The van der Waals surface area contributed by atoms with Gasteiger partial charge in [0.1, 0.15) is 30.3 Å². The Kier molecular flexibility index (Phi) is 17.3. The molecule has 16 heteroatoms. The quantitative estimate of drug-likeness (QED) is 0.0730. The van der Waals surface area contributed by atoms with Gasteiger partial charge in [-0.15, -0.1) is 0 Å². The Hall–Kier alpha value is -6.16. The summed E-state index contributed by atoms with van der Waals surface area (Å²) in [6.45, 7) is 8.93. The summed E-state index contributed by atoms with van der Waals surface area (Å²) in [5, 5.41) is 25.4. The third-order valence-corrected chi connectivity index (χ3v) is 9.79. The Labute approximate surface area is 351 Å². The van der Waals surface area contributed by atoms with E-state index in [9.17, 15) is 33.9 Å². The number of unbranched alkanes of at least 4 members (excludes halogenated alkanes) is 1. The van der Waals surface area contributed by atoms with E-state index in [4.69, 9.17) is 15.2 Å². The number of rotatable bonds is 20. The Balaban J connectivity index is 1.35. The van der Waals surface area contributed by atoms with Crippen molar-refractivity contribution in [1.29, 1.82) is 0 Å². The molecule has 1 aliphatic carbocycles. The third-order valence-electron chi connectivity index (χ3n) is 9.79. The van der Waals surface area contributed by atoms with Crippen LogP contribution in [-0.2, 0) is 30.5 Å². The van der Waals surface area contributed by atoms with Crippen LogP contribution in [0.25, 0.3) is 11.1 Å². The molecule has 16 nitrogen and oxygen atoms in total. The molecule has 0 radical (unpaired) electrons. The zero-order valence-corrected chi connectivity index (χ0v) is 35.0. The van der Waals surface area contributed by atoms with Gasteiger partial charge < -0.3 is 52.2 Å². The second-order valence-corrected chi connectivity index (χ2v) is 16.0. The van der Waals surface area contributed by atoms with E-state index in [2.05, 4.69) is 44.0 Å². The minimum atomic E-state index is -1.11. The molecule has 0 bridgehead atoms. The predicted molar refractivity (Wildman–Crippen MR) is 227 cm³/mol. The molecule has 3 aromatic carbocycles. The van der Waals surface area contributed by atoms with Gasteiger partial charge in [0.2, 0.25) is 17.7 Å². The number of primary amides is 1. The van der Waals surface area contributed by atoms with Crippen molar-refractivity contribution < 1.29 is 43.3 Å². The number of alkyl carbamates (subject to hydrolysis) is 2. The molecule has 0 fully saturated rings. The minimum Gasteiger partial charge on any atom is -0.449 e. The van der Waals surface area contributed by atoms with Crippen molar-refractivity contribution in [3.8, 4) is 11.1 Å². The molecule has 324 valence electrons. The molecule has 0 saturated heterocycles. The predicted octanol–water partition coefficient (Wildman–Crippen LogP) is 4.79. The van der Waals surface area contributed by atoms with Crippen LogP contribution in [0.5, 0.6) is 0 Å². The van der Waals surface area contributed by atoms with Crippen LogP contribution in [0.4, 0.5) is 20.1 Å². The topological polar surface area (TPSA) is 239 Å². The van der Waals surface area contributed by atoms with E-state index < -0.39 is 65.6 Å². The number of nitrogens with two attached hydrogens (primary N) is 1. The molecule has 0 saturated carbocycles. The van der Waals surface area contributed by atoms with Crippen LogP contribution < -0.4 is 37.6 Å². The lowest BCUT2D eigenvalue weighted by Gasteiger charge is -2.28. The van der Waals surface area contributed by atoms with Gasteiger partial charge in [-0.05, 0) is 98.7 Å². The van der Waals surface area contributed by atoms with E-state index in [0.717, 1.165) is 22.3 Å². The number of ether oxygens (including phenoxy) is 2. The van der Waals surface area contributed by atoms with Crippen LogP contribution in [-0.4, -0.2) is 84.5 Å². The molecule has 1 aliphatic rings. The Morgan fingerprint density at radius 2 is 1.28 bits per heavy atom. The Morgan fingerprint density at radius 1 is 0.700 bits per heavy atom. The van der Waals surface area contributed by atoms with E-state index in [0.29, 0.717) is 30.5 Å². The van der Waals surface area contributed by atoms with Crippen molar-refractivity contribution in [1.82, 2.24) is 26.6 Å². The minimum absolute atomic E-state index is 0.0809. The van der Waals surface area contributed by atoms with E-state index >= 15 is 0 Å². The van der Waals surface area contributed by atoms with Gasteiger partial charge in [-0.3, -0.25) is 14.4 Å². The van der Waals surface area contributed by atoms with Crippen LogP contribution in [0, 0.1) is 5.92 Å². The van der Waals surface area contributed by atoms with E-state index in [-0.39, 0.29) is 45.1 Å². The fourth-order valence-electron chi connectivity index (χ4n) is 6.79. The van der Waals surface area contributed by atoms with Crippen molar-refractivity contribution in [2.75, 3.05) is 25.0 Å². The molecule has 0 unspecified atom stereocenters. The van der Waals surface area contributed by atoms with Crippen molar-refractivity contribution in [2.24, 2.45) is 11.7 Å². The molecule has 60 heavy (non-hydrogen) atoms. The first-order chi connectivity index (χ1) is 28.6. The van der Waals surface area contributed by atoms with Gasteiger partial charge in [0.25, 0.3) is 0 Å². The van der Waals surface area contributed by atoms with Gasteiger partial charge in [-0.2, -0.15) is 0 Å². The van der Waals surface area contributed by atoms with Crippen molar-refractivity contribution >= 4 is 41.6 Å². The van der Waals surface area contributed by atoms with Crippen molar-refractivity contribution in [3.05, 3.63) is 89.5 Å². The van der Waals surface area contributed by atoms with Gasteiger partial charge in [-0.1, -0.05) is 74.5 Å². The second kappa shape index (κ2) is 22.3. The van der Waals surface area contributed by atoms with Crippen LogP contribution in [0.15, 0.2) is 72.8 Å². The van der Waals surface area contributed by atoms with Gasteiger partial charge >= 0.3 is 18.2 Å². The summed E-state index contributed by atoms with van der Waals surface area (Å²) in [5.41, 5.74) is 9.88. The summed E-state index contributed by atoms with van der Waals surface area (Å²) >= 11 is 0. The highest BCUT2D eigenvalue weighted by molar-refractivity contribution is 5.99. The number of amides is 7.